The first-order valence-electron chi connectivity index (χ1n) is 8.34. The molecule has 0 bridgehead atoms. The molecular formula is C19H16Cl2N2O2S. The molecule has 7 heteroatoms. The van der Waals surface area contributed by atoms with Crippen LogP contribution in [-0.2, 0) is 4.74 Å². The number of halogens is 2. The van der Waals surface area contributed by atoms with Crippen LogP contribution in [0.25, 0.3) is 16.6 Å². The Balaban J connectivity index is 1.83. The lowest BCUT2D eigenvalue weighted by molar-refractivity contribution is 0.129. The fourth-order valence-corrected chi connectivity index (χ4v) is 4.37. The average Bonchev–Trinajstić information content (AvgIpc) is 3.14. The van der Waals surface area contributed by atoms with Crippen molar-refractivity contribution in [1.29, 1.82) is 0 Å². The van der Waals surface area contributed by atoms with Gasteiger partial charge in [-0.15, -0.1) is 0 Å². The van der Waals surface area contributed by atoms with Crippen LogP contribution in [-0.4, -0.2) is 28.0 Å². The lowest BCUT2D eigenvalue weighted by Gasteiger charge is -2.15. The standard InChI is InChI=1S/C19H16Cl2N2O2S/c20-12-3-6-14(7-4-12)23-18(24)16-8-5-13(21)10-17(16)22-19(23)26-11-15-2-1-9-25-15/h3-8,10,15H,1-2,9,11H2. The van der Waals surface area contributed by atoms with Crippen LogP contribution in [0.3, 0.4) is 0 Å². The third-order valence-electron chi connectivity index (χ3n) is 4.31. The summed E-state index contributed by atoms with van der Waals surface area (Å²) in [5.41, 5.74) is 1.21. The van der Waals surface area contributed by atoms with E-state index < -0.39 is 0 Å². The molecule has 26 heavy (non-hydrogen) atoms. The molecule has 0 amide bonds. The number of nitrogens with zero attached hydrogens (tertiary/aromatic N) is 2. The SMILES string of the molecule is O=c1c2ccc(Cl)cc2nc(SCC2CCCO2)n1-c1ccc(Cl)cc1. The number of fused-ring (bicyclic) bond motifs is 1. The van der Waals surface area contributed by atoms with Crippen molar-refractivity contribution < 1.29 is 4.74 Å². The fraction of sp³-hybridized carbons (Fsp3) is 0.263. The summed E-state index contributed by atoms with van der Waals surface area (Å²) in [6.45, 7) is 0.802. The van der Waals surface area contributed by atoms with Crippen LogP contribution >= 0.6 is 35.0 Å². The number of benzene rings is 2. The van der Waals surface area contributed by atoms with Crippen molar-refractivity contribution in [2.24, 2.45) is 0 Å². The van der Waals surface area contributed by atoms with E-state index in [4.69, 9.17) is 32.9 Å². The molecule has 1 aliphatic heterocycles. The molecule has 3 aromatic rings. The van der Waals surface area contributed by atoms with Crippen LogP contribution in [0.4, 0.5) is 0 Å². The maximum Gasteiger partial charge on any atom is 0.266 e. The minimum absolute atomic E-state index is 0.121. The predicted octanol–water partition coefficient (Wildman–Crippen LogP) is 4.96. The Morgan fingerprint density at radius 1 is 1.15 bits per heavy atom. The average molecular weight is 407 g/mol. The molecule has 1 atom stereocenters. The number of aromatic nitrogens is 2. The van der Waals surface area contributed by atoms with Crippen molar-refractivity contribution in [3.05, 3.63) is 62.9 Å². The number of ether oxygens (including phenoxy) is 1. The van der Waals surface area contributed by atoms with Gasteiger partial charge < -0.3 is 4.74 Å². The second kappa shape index (κ2) is 7.61. The first-order chi connectivity index (χ1) is 12.6. The summed E-state index contributed by atoms with van der Waals surface area (Å²) in [7, 11) is 0. The van der Waals surface area contributed by atoms with Crippen LogP contribution in [0.5, 0.6) is 0 Å². The summed E-state index contributed by atoms with van der Waals surface area (Å²) in [4.78, 5) is 17.9. The number of hydrogen-bond donors (Lipinski definition) is 0. The zero-order chi connectivity index (χ0) is 18.1. The molecule has 2 heterocycles. The smallest absolute Gasteiger partial charge is 0.266 e. The molecular weight excluding hydrogens is 391 g/mol. The van der Waals surface area contributed by atoms with Gasteiger partial charge in [0.1, 0.15) is 0 Å². The van der Waals surface area contributed by atoms with Crippen molar-refractivity contribution in [2.45, 2.75) is 24.1 Å². The van der Waals surface area contributed by atoms with E-state index in [2.05, 4.69) is 0 Å². The van der Waals surface area contributed by atoms with E-state index in [-0.39, 0.29) is 11.7 Å². The molecule has 0 radical (unpaired) electrons. The van der Waals surface area contributed by atoms with Gasteiger partial charge in [0.2, 0.25) is 0 Å². The van der Waals surface area contributed by atoms with Gasteiger partial charge in [-0.25, -0.2) is 4.98 Å². The first kappa shape index (κ1) is 17.9. The van der Waals surface area contributed by atoms with Crippen LogP contribution in [0.15, 0.2) is 52.4 Å². The Labute approximate surface area is 165 Å². The van der Waals surface area contributed by atoms with E-state index in [0.717, 1.165) is 30.9 Å². The summed E-state index contributed by atoms with van der Waals surface area (Å²) >= 11 is 13.6. The molecule has 0 aliphatic carbocycles. The van der Waals surface area contributed by atoms with E-state index >= 15 is 0 Å². The minimum Gasteiger partial charge on any atom is -0.377 e. The fourth-order valence-electron chi connectivity index (χ4n) is 3.00. The van der Waals surface area contributed by atoms with E-state index in [0.29, 0.717) is 26.1 Å². The quantitative estimate of drug-likeness (QED) is 0.453. The van der Waals surface area contributed by atoms with Gasteiger partial charge in [0.05, 0.1) is 22.7 Å². The molecule has 0 N–H and O–H groups in total. The molecule has 1 fully saturated rings. The molecule has 2 aromatic carbocycles. The van der Waals surface area contributed by atoms with E-state index in [1.165, 1.54) is 11.8 Å². The van der Waals surface area contributed by atoms with Crippen LogP contribution in [0.1, 0.15) is 12.8 Å². The third-order valence-corrected chi connectivity index (χ3v) is 5.87. The molecule has 1 aliphatic rings. The molecule has 4 rings (SSSR count). The molecule has 4 nitrogen and oxygen atoms in total. The van der Waals surface area contributed by atoms with Gasteiger partial charge in [-0.2, -0.15) is 0 Å². The Morgan fingerprint density at radius 2 is 1.92 bits per heavy atom. The number of rotatable bonds is 4. The number of hydrogen-bond acceptors (Lipinski definition) is 4. The molecule has 0 saturated carbocycles. The van der Waals surface area contributed by atoms with Gasteiger partial charge >= 0.3 is 0 Å². The Hall–Kier alpha value is -1.53. The van der Waals surface area contributed by atoms with Gasteiger partial charge in [-0.3, -0.25) is 9.36 Å². The van der Waals surface area contributed by atoms with Crippen LogP contribution < -0.4 is 5.56 Å². The van der Waals surface area contributed by atoms with Crippen molar-refractivity contribution >= 4 is 45.9 Å². The zero-order valence-electron chi connectivity index (χ0n) is 13.8. The normalized spacial score (nSPS) is 17.1. The van der Waals surface area contributed by atoms with Crippen molar-refractivity contribution in [3.63, 3.8) is 0 Å². The minimum atomic E-state index is -0.121. The molecule has 1 saturated heterocycles. The Bertz CT molecular complexity index is 999. The maximum atomic E-state index is 13.1. The predicted molar refractivity (Wildman–Crippen MR) is 107 cm³/mol. The van der Waals surface area contributed by atoms with Crippen molar-refractivity contribution in [3.8, 4) is 5.69 Å². The largest absolute Gasteiger partial charge is 0.377 e. The topological polar surface area (TPSA) is 44.1 Å². The molecule has 1 aromatic heterocycles. The second-order valence-corrected chi connectivity index (χ2v) is 7.98. The summed E-state index contributed by atoms with van der Waals surface area (Å²) < 4.78 is 7.33. The van der Waals surface area contributed by atoms with Gasteiger partial charge in [0, 0.05) is 22.4 Å². The lowest BCUT2D eigenvalue weighted by Crippen LogP contribution is -2.22. The summed E-state index contributed by atoms with van der Waals surface area (Å²) in [5, 5.41) is 2.34. The maximum absolute atomic E-state index is 13.1. The summed E-state index contributed by atoms with van der Waals surface area (Å²) in [6.07, 6.45) is 2.32. The molecule has 0 spiro atoms. The van der Waals surface area contributed by atoms with Gasteiger partial charge in [-0.05, 0) is 55.3 Å². The van der Waals surface area contributed by atoms with E-state index in [1.807, 2.05) is 12.1 Å². The Kier molecular flexibility index (Phi) is 5.23. The highest BCUT2D eigenvalue weighted by atomic mass is 35.5. The van der Waals surface area contributed by atoms with Gasteiger partial charge in [-0.1, -0.05) is 35.0 Å². The highest BCUT2D eigenvalue weighted by Crippen LogP contribution is 2.26. The second-order valence-electron chi connectivity index (χ2n) is 6.12. The van der Waals surface area contributed by atoms with E-state index in [9.17, 15) is 4.79 Å². The number of thioether (sulfide) groups is 1. The lowest BCUT2D eigenvalue weighted by atomic mass is 10.2. The monoisotopic (exact) mass is 406 g/mol. The molecule has 1 unspecified atom stereocenters. The van der Waals surface area contributed by atoms with Gasteiger partial charge in [0.25, 0.3) is 5.56 Å². The highest BCUT2D eigenvalue weighted by Gasteiger charge is 2.19. The zero-order valence-corrected chi connectivity index (χ0v) is 16.2. The van der Waals surface area contributed by atoms with Crippen LogP contribution in [0.2, 0.25) is 10.0 Å². The highest BCUT2D eigenvalue weighted by molar-refractivity contribution is 7.99. The summed E-state index contributed by atoms with van der Waals surface area (Å²) in [5.74, 6) is 0.756. The first-order valence-corrected chi connectivity index (χ1v) is 10.1. The third kappa shape index (κ3) is 3.62. The van der Waals surface area contributed by atoms with Crippen LogP contribution in [0, 0.1) is 0 Å². The van der Waals surface area contributed by atoms with E-state index in [1.54, 1.807) is 34.9 Å². The van der Waals surface area contributed by atoms with Crippen molar-refractivity contribution in [1.82, 2.24) is 9.55 Å². The van der Waals surface area contributed by atoms with Gasteiger partial charge in [0.15, 0.2) is 5.16 Å². The Morgan fingerprint density at radius 3 is 2.65 bits per heavy atom. The van der Waals surface area contributed by atoms with Crippen molar-refractivity contribution in [2.75, 3.05) is 12.4 Å². The molecule has 134 valence electrons. The summed E-state index contributed by atoms with van der Waals surface area (Å²) in [6, 6.07) is 12.3.